The lowest BCUT2D eigenvalue weighted by Crippen LogP contribution is -2.26. The zero-order valence-corrected chi connectivity index (χ0v) is 11.6. The SMILES string of the molecule is CC(C)(C)OC(=O)C[C@@H](N)c1cccc(C(F)(F)F)c1. The Morgan fingerprint density at radius 1 is 1.30 bits per heavy atom. The number of hydrogen-bond donors (Lipinski definition) is 1. The second kappa shape index (κ2) is 5.83. The van der Waals surface area contributed by atoms with Crippen LogP contribution in [0.4, 0.5) is 13.2 Å². The van der Waals surface area contributed by atoms with Crippen molar-refractivity contribution in [3.63, 3.8) is 0 Å². The third kappa shape index (κ3) is 5.21. The first-order valence-corrected chi connectivity index (χ1v) is 6.13. The first kappa shape index (κ1) is 16.5. The number of hydrogen-bond acceptors (Lipinski definition) is 3. The van der Waals surface area contributed by atoms with Gasteiger partial charge < -0.3 is 10.5 Å². The molecule has 0 bridgehead atoms. The van der Waals surface area contributed by atoms with Crippen LogP contribution in [0, 0.1) is 0 Å². The Balaban J connectivity index is 2.78. The first-order valence-electron chi connectivity index (χ1n) is 6.13. The summed E-state index contributed by atoms with van der Waals surface area (Å²) < 4.78 is 42.8. The first-order chi connectivity index (χ1) is 8.99. The summed E-state index contributed by atoms with van der Waals surface area (Å²) >= 11 is 0. The molecule has 6 heteroatoms. The summed E-state index contributed by atoms with van der Waals surface area (Å²) in [6, 6.07) is 3.82. The van der Waals surface area contributed by atoms with E-state index in [4.69, 9.17) is 10.5 Å². The van der Waals surface area contributed by atoms with Gasteiger partial charge in [0.25, 0.3) is 0 Å². The summed E-state index contributed by atoms with van der Waals surface area (Å²) in [6.45, 7) is 5.13. The third-order valence-corrected chi connectivity index (χ3v) is 2.45. The van der Waals surface area contributed by atoms with Crippen LogP contribution in [0.3, 0.4) is 0 Å². The van der Waals surface area contributed by atoms with E-state index in [2.05, 4.69) is 0 Å². The topological polar surface area (TPSA) is 52.3 Å². The molecular weight excluding hydrogens is 271 g/mol. The van der Waals surface area contributed by atoms with Gasteiger partial charge in [0.15, 0.2) is 0 Å². The highest BCUT2D eigenvalue weighted by atomic mass is 19.4. The maximum absolute atomic E-state index is 12.6. The van der Waals surface area contributed by atoms with E-state index in [1.165, 1.54) is 12.1 Å². The maximum atomic E-state index is 12.6. The number of carbonyl (C=O) groups excluding carboxylic acids is 1. The Morgan fingerprint density at radius 2 is 1.90 bits per heavy atom. The molecule has 0 aliphatic rings. The van der Waals surface area contributed by atoms with Crippen LogP contribution in [0.25, 0.3) is 0 Å². The molecule has 0 spiro atoms. The average Bonchev–Trinajstić information content (AvgIpc) is 2.25. The molecule has 0 amide bonds. The zero-order chi connectivity index (χ0) is 15.6. The largest absolute Gasteiger partial charge is 0.460 e. The zero-order valence-electron chi connectivity index (χ0n) is 11.6. The van der Waals surface area contributed by atoms with Crippen molar-refractivity contribution in [3.05, 3.63) is 35.4 Å². The molecule has 0 saturated heterocycles. The third-order valence-electron chi connectivity index (χ3n) is 2.45. The highest BCUT2D eigenvalue weighted by Gasteiger charge is 2.31. The van der Waals surface area contributed by atoms with E-state index in [9.17, 15) is 18.0 Å². The highest BCUT2D eigenvalue weighted by molar-refractivity contribution is 5.71. The molecule has 0 radical (unpaired) electrons. The minimum absolute atomic E-state index is 0.168. The van der Waals surface area contributed by atoms with Gasteiger partial charge in [-0.1, -0.05) is 12.1 Å². The molecule has 3 nitrogen and oxygen atoms in total. The van der Waals surface area contributed by atoms with E-state index < -0.39 is 29.4 Å². The summed E-state index contributed by atoms with van der Waals surface area (Å²) in [5, 5.41) is 0. The monoisotopic (exact) mass is 289 g/mol. The molecule has 1 rings (SSSR count). The molecule has 0 unspecified atom stereocenters. The molecule has 1 aromatic carbocycles. The molecule has 2 N–H and O–H groups in total. The fourth-order valence-electron chi connectivity index (χ4n) is 1.63. The van der Waals surface area contributed by atoms with Gasteiger partial charge in [0.2, 0.25) is 0 Å². The Kier molecular flexibility index (Phi) is 4.81. The smallest absolute Gasteiger partial charge is 0.416 e. The van der Waals surface area contributed by atoms with E-state index >= 15 is 0 Å². The van der Waals surface area contributed by atoms with Crippen LogP contribution >= 0.6 is 0 Å². The van der Waals surface area contributed by atoms with Crippen molar-refractivity contribution in [2.24, 2.45) is 5.73 Å². The minimum Gasteiger partial charge on any atom is -0.460 e. The highest BCUT2D eigenvalue weighted by Crippen LogP contribution is 2.31. The molecule has 0 aliphatic heterocycles. The summed E-state index contributed by atoms with van der Waals surface area (Å²) in [5.41, 5.74) is 4.58. The molecule has 1 aromatic rings. The molecule has 0 heterocycles. The van der Waals surface area contributed by atoms with Gasteiger partial charge in [-0.3, -0.25) is 4.79 Å². The van der Waals surface area contributed by atoms with Crippen molar-refractivity contribution in [1.82, 2.24) is 0 Å². The van der Waals surface area contributed by atoms with Crippen molar-refractivity contribution in [2.75, 3.05) is 0 Å². The molecule has 20 heavy (non-hydrogen) atoms. The average molecular weight is 289 g/mol. The summed E-state index contributed by atoms with van der Waals surface area (Å²) in [5.74, 6) is -0.539. The summed E-state index contributed by atoms with van der Waals surface area (Å²) in [7, 11) is 0. The van der Waals surface area contributed by atoms with Crippen molar-refractivity contribution < 1.29 is 22.7 Å². The number of ether oxygens (including phenoxy) is 1. The van der Waals surface area contributed by atoms with Crippen LogP contribution in [0.1, 0.15) is 44.4 Å². The fraction of sp³-hybridized carbons (Fsp3) is 0.500. The van der Waals surface area contributed by atoms with Crippen LogP contribution < -0.4 is 5.73 Å². The number of benzene rings is 1. The number of rotatable bonds is 3. The molecule has 112 valence electrons. The lowest BCUT2D eigenvalue weighted by molar-refractivity contribution is -0.155. The quantitative estimate of drug-likeness (QED) is 0.867. The molecule has 0 aromatic heterocycles. The maximum Gasteiger partial charge on any atom is 0.416 e. The van der Waals surface area contributed by atoms with Gasteiger partial charge in [0.05, 0.1) is 12.0 Å². The van der Waals surface area contributed by atoms with Crippen LogP contribution in [0.5, 0.6) is 0 Å². The number of esters is 1. The number of carbonyl (C=O) groups is 1. The second-order valence-corrected chi connectivity index (χ2v) is 5.52. The van der Waals surface area contributed by atoms with Crippen molar-refractivity contribution in [1.29, 1.82) is 0 Å². The van der Waals surface area contributed by atoms with E-state index in [1.54, 1.807) is 20.8 Å². The van der Waals surface area contributed by atoms with E-state index in [0.29, 0.717) is 0 Å². The standard InChI is InChI=1S/C14H18F3NO2/c1-13(2,3)20-12(19)8-11(18)9-5-4-6-10(7-9)14(15,16)17/h4-7,11H,8,18H2,1-3H3/t11-/m1/s1. The van der Waals surface area contributed by atoms with Gasteiger partial charge in [0.1, 0.15) is 5.60 Å². The number of alkyl halides is 3. The van der Waals surface area contributed by atoms with Crippen molar-refractivity contribution >= 4 is 5.97 Å². The van der Waals surface area contributed by atoms with Gasteiger partial charge in [-0.15, -0.1) is 0 Å². The molecule has 0 saturated carbocycles. The van der Waals surface area contributed by atoms with Gasteiger partial charge >= 0.3 is 12.1 Å². The molecule has 0 aliphatic carbocycles. The summed E-state index contributed by atoms with van der Waals surface area (Å²) in [6.07, 6.45) is -4.60. The summed E-state index contributed by atoms with van der Waals surface area (Å²) in [4.78, 5) is 11.6. The van der Waals surface area contributed by atoms with Gasteiger partial charge in [-0.2, -0.15) is 13.2 Å². The van der Waals surface area contributed by atoms with E-state index in [-0.39, 0.29) is 12.0 Å². The molecule has 0 fully saturated rings. The van der Waals surface area contributed by atoms with E-state index in [0.717, 1.165) is 12.1 Å². The Hall–Kier alpha value is -1.56. The number of halogens is 3. The lowest BCUT2D eigenvalue weighted by Gasteiger charge is -2.21. The van der Waals surface area contributed by atoms with Crippen LogP contribution in [-0.4, -0.2) is 11.6 Å². The van der Waals surface area contributed by atoms with E-state index in [1.807, 2.05) is 0 Å². The Morgan fingerprint density at radius 3 is 2.40 bits per heavy atom. The van der Waals surface area contributed by atoms with Gasteiger partial charge in [0, 0.05) is 6.04 Å². The minimum atomic E-state index is -4.43. The van der Waals surface area contributed by atoms with Gasteiger partial charge in [-0.05, 0) is 38.5 Å². The van der Waals surface area contributed by atoms with Crippen LogP contribution in [0.2, 0.25) is 0 Å². The van der Waals surface area contributed by atoms with Crippen molar-refractivity contribution in [3.8, 4) is 0 Å². The van der Waals surface area contributed by atoms with Gasteiger partial charge in [-0.25, -0.2) is 0 Å². The fourth-order valence-corrected chi connectivity index (χ4v) is 1.63. The molecular formula is C14H18F3NO2. The predicted molar refractivity (Wildman–Crippen MR) is 68.8 cm³/mol. The van der Waals surface area contributed by atoms with Crippen LogP contribution in [0.15, 0.2) is 24.3 Å². The lowest BCUT2D eigenvalue weighted by atomic mass is 10.0. The Bertz CT molecular complexity index is 478. The van der Waals surface area contributed by atoms with Crippen LogP contribution in [-0.2, 0) is 15.7 Å². The molecule has 1 atom stereocenters. The Labute approximate surface area is 115 Å². The second-order valence-electron chi connectivity index (χ2n) is 5.52. The predicted octanol–water partition coefficient (Wildman–Crippen LogP) is 3.44. The normalized spacial score (nSPS) is 13.9. The number of nitrogens with two attached hydrogens (primary N) is 1. The van der Waals surface area contributed by atoms with Crippen molar-refractivity contribution in [2.45, 2.75) is 45.0 Å².